The highest BCUT2D eigenvalue weighted by atomic mass is 35.5. The van der Waals surface area contributed by atoms with Gasteiger partial charge >= 0.3 is 0 Å². The maximum Gasteiger partial charge on any atom is 0.261 e. The SMILES string of the molecule is CCc1ccc(OC(CC)C(=O)NCCSc2ccc(Cl)cc2)cc1. The summed E-state index contributed by atoms with van der Waals surface area (Å²) in [5, 5.41) is 3.68. The first-order valence-corrected chi connectivity index (χ1v) is 9.90. The number of aryl methyl sites for hydroxylation is 1. The molecule has 0 spiro atoms. The zero-order chi connectivity index (χ0) is 18.1. The molecule has 3 nitrogen and oxygen atoms in total. The monoisotopic (exact) mass is 377 g/mol. The van der Waals surface area contributed by atoms with E-state index in [-0.39, 0.29) is 5.91 Å². The van der Waals surface area contributed by atoms with E-state index < -0.39 is 6.10 Å². The molecule has 134 valence electrons. The molecule has 1 atom stereocenters. The maximum atomic E-state index is 12.3. The lowest BCUT2D eigenvalue weighted by molar-refractivity contribution is -0.127. The molecule has 0 heterocycles. The van der Waals surface area contributed by atoms with Gasteiger partial charge in [-0.25, -0.2) is 0 Å². The van der Waals surface area contributed by atoms with Crippen molar-refractivity contribution >= 4 is 29.3 Å². The second kappa shape index (κ2) is 10.4. The molecule has 0 saturated heterocycles. The topological polar surface area (TPSA) is 38.3 Å². The summed E-state index contributed by atoms with van der Waals surface area (Å²) in [5.41, 5.74) is 1.25. The van der Waals surface area contributed by atoms with Gasteiger partial charge in [0, 0.05) is 22.2 Å². The highest BCUT2D eigenvalue weighted by Gasteiger charge is 2.17. The van der Waals surface area contributed by atoms with Crippen LogP contribution in [0.15, 0.2) is 53.4 Å². The fraction of sp³-hybridized carbons (Fsp3) is 0.350. The number of benzene rings is 2. The van der Waals surface area contributed by atoms with Gasteiger partial charge in [0.15, 0.2) is 6.10 Å². The van der Waals surface area contributed by atoms with E-state index in [9.17, 15) is 4.79 Å². The van der Waals surface area contributed by atoms with E-state index in [0.29, 0.717) is 13.0 Å². The number of nitrogens with one attached hydrogen (secondary N) is 1. The Morgan fingerprint density at radius 3 is 2.40 bits per heavy atom. The summed E-state index contributed by atoms with van der Waals surface area (Å²) in [6.45, 7) is 4.66. The van der Waals surface area contributed by atoms with Crippen LogP contribution in [0, 0.1) is 0 Å². The minimum absolute atomic E-state index is 0.0706. The quantitative estimate of drug-likeness (QED) is 0.495. The van der Waals surface area contributed by atoms with Gasteiger partial charge in [0.05, 0.1) is 0 Å². The molecule has 0 fully saturated rings. The predicted octanol–water partition coefficient (Wildman–Crippen LogP) is 4.97. The van der Waals surface area contributed by atoms with Crippen molar-refractivity contribution in [2.45, 2.75) is 37.7 Å². The van der Waals surface area contributed by atoms with Gasteiger partial charge in [-0.3, -0.25) is 4.79 Å². The van der Waals surface area contributed by atoms with Gasteiger partial charge in [-0.15, -0.1) is 11.8 Å². The van der Waals surface area contributed by atoms with E-state index in [4.69, 9.17) is 16.3 Å². The average Bonchev–Trinajstić information content (AvgIpc) is 2.65. The maximum absolute atomic E-state index is 12.3. The third kappa shape index (κ3) is 6.63. The molecule has 2 aromatic rings. The number of carbonyl (C=O) groups is 1. The molecule has 0 aliphatic rings. The van der Waals surface area contributed by atoms with Crippen LogP contribution in [0.1, 0.15) is 25.8 Å². The highest BCUT2D eigenvalue weighted by Crippen LogP contribution is 2.20. The molecule has 0 aliphatic heterocycles. The molecule has 2 rings (SSSR count). The van der Waals surface area contributed by atoms with Gasteiger partial charge < -0.3 is 10.1 Å². The largest absolute Gasteiger partial charge is 0.481 e. The van der Waals surface area contributed by atoms with Crippen LogP contribution < -0.4 is 10.1 Å². The van der Waals surface area contributed by atoms with Crippen molar-refractivity contribution in [2.24, 2.45) is 0 Å². The van der Waals surface area contributed by atoms with E-state index in [1.165, 1.54) is 5.56 Å². The Bertz CT molecular complexity index is 658. The van der Waals surface area contributed by atoms with Crippen LogP contribution in [0.2, 0.25) is 5.02 Å². The van der Waals surface area contributed by atoms with Crippen LogP contribution >= 0.6 is 23.4 Å². The molecule has 0 radical (unpaired) electrons. The lowest BCUT2D eigenvalue weighted by Gasteiger charge is -2.17. The molecule has 5 heteroatoms. The Morgan fingerprint density at radius 1 is 1.12 bits per heavy atom. The molecule has 1 amide bonds. The van der Waals surface area contributed by atoms with Crippen LogP contribution in [-0.2, 0) is 11.2 Å². The van der Waals surface area contributed by atoms with E-state index in [2.05, 4.69) is 12.2 Å². The minimum Gasteiger partial charge on any atom is -0.481 e. The average molecular weight is 378 g/mol. The fourth-order valence-corrected chi connectivity index (χ4v) is 3.17. The second-order valence-electron chi connectivity index (χ2n) is 5.61. The summed E-state index contributed by atoms with van der Waals surface area (Å²) < 4.78 is 5.82. The number of amides is 1. The summed E-state index contributed by atoms with van der Waals surface area (Å²) in [7, 11) is 0. The molecule has 25 heavy (non-hydrogen) atoms. The van der Waals surface area contributed by atoms with Crippen LogP contribution in [0.25, 0.3) is 0 Å². The van der Waals surface area contributed by atoms with Gasteiger partial charge in [0.1, 0.15) is 5.75 Å². The first-order chi connectivity index (χ1) is 12.1. The van der Waals surface area contributed by atoms with Crippen molar-refractivity contribution in [3.63, 3.8) is 0 Å². The molecule has 0 bridgehead atoms. The molecule has 1 unspecified atom stereocenters. The van der Waals surface area contributed by atoms with Gasteiger partial charge in [-0.05, 0) is 54.8 Å². The summed E-state index contributed by atoms with van der Waals surface area (Å²) >= 11 is 7.55. The molecule has 0 aromatic heterocycles. The Hall–Kier alpha value is -1.65. The Labute approximate surface area is 159 Å². The summed E-state index contributed by atoms with van der Waals surface area (Å²) in [4.78, 5) is 13.4. The van der Waals surface area contributed by atoms with E-state index >= 15 is 0 Å². The number of hydrogen-bond acceptors (Lipinski definition) is 3. The van der Waals surface area contributed by atoms with Crippen LogP contribution in [0.5, 0.6) is 5.75 Å². The van der Waals surface area contributed by atoms with E-state index in [1.807, 2.05) is 55.5 Å². The molecule has 2 aromatic carbocycles. The zero-order valence-electron chi connectivity index (χ0n) is 14.6. The number of carbonyl (C=O) groups excluding carboxylic acids is 1. The van der Waals surface area contributed by atoms with Crippen LogP contribution in [0.3, 0.4) is 0 Å². The van der Waals surface area contributed by atoms with E-state index in [0.717, 1.165) is 27.8 Å². The predicted molar refractivity (Wildman–Crippen MR) is 106 cm³/mol. The number of halogens is 1. The molecule has 1 N–H and O–H groups in total. The Balaban J connectivity index is 1.75. The number of rotatable bonds is 9. The fourth-order valence-electron chi connectivity index (χ4n) is 2.28. The lowest BCUT2D eigenvalue weighted by atomic mass is 10.2. The summed E-state index contributed by atoms with van der Waals surface area (Å²) in [6, 6.07) is 15.6. The van der Waals surface area contributed by atoms with Crippen molar-refractivity contribution in [3.8, 4) is 5.75 Å². The second-order valence-corrected chi connectivity index (χ2v) is 7.21. The van der Waals surface area contributed by atoms with Gasteiger partial charge in [0.25, 0.3) is 5.91 Å². The minimum atomic E-state index is -0.465. The highest BCUT2D eigenvalue weighted by molar-refractivity contribution is 7.99. The van der Waals surface area contributed by atoms with Gasteiger partial charge in [-0.1, -0.05) is 37.6 Å². The van der Waals surface area contributed by atoms with Crippen LogP contribution in [-0.4, -0.2) is 24.3 Å². The molecule has 0 saturated carbocycles. The molecule has 0 aliphatic carbocycles. The van der Waals surface area contributed by atoms with Crippen LogP contribution in [0.4, 0.5) is 0 Å². The first kappa shape index (κ1) is 19.7. The smallest absolute Gasteiger partial charge is 0.261 e. The Morgan fingerprint density at radius 2 is 1.80 bits per heavy atom. The van der Waals surface area contributed by atoms with Crippen molar-refractivity contribution in [3.05, 3.63) is 59.1 Å². The zero-order valence-corrected chi connectivity index (χ0v) is 16.2. The number of thioether (sulfide) groups is 1. The lowest BCUT2D eigenvalue weighted by Crippen LogP contribution is -2.39. The van der Waals surface area contributed by atoms with E-state index in [1.54, 1.807) is 11.8 Å². The van der Waals surface area contributed by atoms with Crippen molar-refractivity contribution in [2.75, 3.05) is 12.3 Å². The third-order valence-corrected chi connectivity index (χ3v) is 5.02. The normalized spacial score (nSPS) is 11.8. The Kier molecular flexibility index (Phi) is 8.16. The van der Waals surface area contributed by atoms with Crippen molar-refractivity contribution < 1.29 is 9.53 Å². The first-order valence-electron chi connectivity index (χ1n) is 8.54. The molecular formula is C20H24ClNO2S. The van der Waals surface area contributed by atoms with Crippen molar-refractivity contribution in [1.82, 2.24) is 5.32 Å². The molecular weight excluding hydrogens is 354 g/mol. The number of ether oxygens (including phenoxy) is 1. The standard InChI is InChI=1S/C20H24ClNO2S/c1-3-15-5-9-17(10-6-15)24-19(4-2)20(23)22-13-14-25-18-11-7-16(21)8-12-18/h5-12,19H,3-4,13-14H2,1-2H3,(H,22,23). The summed E-state index contributed by atoms with van der Waals surface area (Å²) in [5.74, 6) is 1.46. The van der Waals surface area contributed by atoms with Gasteiger partial charge in [-0.2, -0.15) is 0 Å². The number of hydrogen-bond donors (Lipinski definition) is 1. The van der Waals surface area contributed by atoms with Crippen molar-refractivity contribution in [1.29, 1.82) is 0 Å². The third-order valence-electron chi connectivity index (χ3n) is 3.76. The summed E-state index contributed by atoms with van der Waals surface area (Å²) in [6.07, 6.45) is 1.16. The van der Waals surface area contributed by atoms with Gasteiger partial charge in [0.2, 0.25) is 0 Å².